The molecular formula is C15H13BrF3NO2S. The van der Waals surface area contributed by atoms with Crippen LogP contribution >= 0.6 is 15.9 Å². The highest BCUT2D eigenvalue weighted by Crippen LogP contribution is 2.30. The van der Waals surface area contributed by atoms with Crippen LogP contribution < -0.4 is 10.1 Å². The lowest BCUT2D eigenvalue weighted by molar-refractivity contribution is -0.274. The van der Waals surface area contributed by atoms with E-state index in [0.29, 0.717) is 16.7 Å². The van der Waals surface area contributed by atoms with E-state index < -0.39 is 17.2 Å². The first-order valence-electron chi connectivity index (χ1n) is 6.46. The van der Waals surface area contributed by atoms with Gasteiger partial charge in [0, 0.05) is 38.7 Å². The molecule has 0 saturated carbocycles. The van der Waals surface area contributed by atoms with E-state index in [4.69, 9.17) is 0 Å². The lowest BCUT2D eigenvalue weighted by Gasteiger charge is -2.12. The van der Waals surface area contributed by atoms with Gasteiger partial charge in [0.2, 0.25) is 0 Å². The van der Waals surface area contributed by atoms with Gasteiger partial charge < -0.3 is 10.1 Å². The SMILES string of the molecule is C[S@@](=O)c1ccc(CNc2ccc(OC(F)(F)F)cc2Br)cc1. The van der Waals surface area contributed by atoms with Crippen molar-refractivity contribution in [3.05, 3.63) is 52.5 Å². The molecule has 0 bridgehead atoms. The first-order valence-corrected chi connectivity index (χ1v) is 8.81. The number of anilines is 1. The highest BCUT2D eigenvalue weighted by Gasteiger charge is 2.31. The fourth-order valence-electron chi connectivity index (χ4n) is 1.83. The minimum Gasteiger partial charge on any atom is -0.406 e. The summed E-state index contributed by atoms with van der Waals surface area (Å²) < 4.78 is 52.1. The van der Waals surface area contributed by atoms with Crippen molar-refractivity contribution in [3.63, 3.8) is 0 Å². The van der Waals surface area contributed by atoms with E-state index in [0.717, 1.165) is 10.5 Å². The molecule has 2 rings (SSSR count). The normalized spacial score (nSPS) is 12.7. The van der Waals surface area contributed by atoms with Gasteiger partial charge >= 0.3 is 6.36 Å². The molecular weight excluding hydrogens is 395 g/mol. The molecule has 0 aliphatic carbocycles. The smallest absolute Gasteiger partial charge is 0.406 e. The zero-order chi connectivity index (χ0) is 17.0. The summed E-state index contributed by atoms with van der Waals surface area (Å²) in [5, 5.41) is 3.11. The van der Waals surface area contributed by atoms with E-state index in [1.54, 1.807) is 18.4 Å². The van der Waals surface area contributed by atoms with E-state index >= 15 is 0 Å². The van der Waals surface area contributed by atoms with Gasteiger partial charge in [-0.2, -0.15) is 0 Å². The Kier molecular flexibility index (Phi) is 5.69. The van der Waals surface area contributed by atoms with Crippen molar-refractivity contribution in [1.29, 1.82) is 0 Å². The number of rotatable bonds is 5. The summed E-state index contributed by atoms with van der Waals surface area (Å²) in [5.41, 5.74) is 1.60. The summed E-state index contributed by atoms with van der Waals surface area (Å²) in [4.78, 5) is 0.739. The van der Waals surface area contributed by atoms with Crippen molar-refractivity contribution in [2.24, 2.45) is 0 Å². The molecule has 8 heteroatoms. The molecule has 0 saturated heterocycles. The van der Waals surface area contributed by atoms with Crippen molar-refractivity contribution in [1.82, 2.24) is 0 Å². The van der Waals surface area contributed by atoms with Gasteiger partial charge in [0.05, 0.1) is 0 Å². The van der Waals surface area contributed by atoms with Gasteiger partial charge in [0.15, 0.2) is 0 Å². The summed E-state index contributed by atoms with van der Waals surface area (Å²) in [5.74, 6) is -0.287. The fourth-order valence-corrected chi connectivity index (χ4v) is 2.85. The largest absolute Gasteiger partial charge is 0.573 e. The van der Waals surface area contributed by atoms with Crippen molar-refractivity contribution in [3.8, 4) is 5.75 Å². The molecule has 0 heterocycles. The minimum absolute atomic E-state index is 0.287. The maximum Gasteiger partial charge on any atom is 0.573 e. The maximum atomic E-state index is 12.2. The first-order chi connectivity index (χ1) is 10.7. The molecule has 2 aromatic carbocycles. The number of hydrogen-bond acceptors (Lipinski definition) is 3. The predicted molar refractivity (Wildman–Crippen MR) is 86.9 cm³/mol. The van der Waals surface area contributed by atoms with Gasteiger partial charge in [-0.3, -0.25) is 4.21 Å². The van der Waals surface area contributed by atoms with Gasteiger partial charge in [0.1, 0.15) is 5.75 Å². The van der Waals surface area contributed by atoms with Crippen LogP contribution in [-0.2, 0) is 17.3 Å². The van der Waals surface area contributed by atoms with E-state index in [1.165, 1.54) is 18.2 Å². The molecule has 0 fully saturated rings. The second kappa shape index (κ2) is 7.35. The predicted octanol–water partition coefficient (Wildman–Crippen LogP) is 4.70. The van der Waals surface area contributed by atoms with Crippen LogP contribution in [0.3, 0.4) is 0 Å². The lowest BCUT2D eigenvalue weighted by atomic mass is 10.2. The summed E-state index contributed by atoms with van der Waals surface area (Å²) in [6.45, 7) is 0.481. The van der Waals surface area contributed by atoms with Crippen LogP contribution in [0.25, 0.3) is 0 Å². The number of hydrogen-bond donors (Lipinski definition) is 1. The van der Waals surface area contributed by atoms with Gasteiger partial charge in [-0.15, -0.1) is 13.2 Å². The van der Waals surface area contributed by atoms with Gasteiger partial charge in [0.25, 0.3) is 0 Å². The minimum atomic E-state index is -4.71. The van der Waals surface area contributed by atoms with Crippen molar-refractivity contribution in [2.75, 3.05) is 11.6 Å². The fraction of sp³-hybridized carbons (Fsp3) is 0.200. The summed E-state index contributed by atoms with van der Waals surface area (Å²) in [6.07, 6.45) is -3.11. The Bertz CT molecular complexity index is 705. The van der Waals surface area contributed by atoms with Crippen molar-refractivity contribution < 1.29 is 22.1 Å². The molecule has 3 nitrogen and oxygen atoms in total. The van der Waals surface area contributed by atoms with Crippen molar-refractivity contribution >= 4 is 32.4 Å². The molecule has 0 spiro atoms. The average molecular weight is 408 g/mol. The first kappa shape index (κ1) is 17.8. The van der Waals surface area contributed by atoms with Crippen LogP contribution in [0, 0.1) is 0 Å². The summed E-state index contributed by atoms with van der Waals surface area (Å²) in [7, 11) is -1.03. The Morgan fingerprint density at radius 1 is 1.17 bits per heavy atom. The van der Waals surface area contributed by atoms with Crippen LogP contribution in [0.4, 0.5) is 18.9 Å². The molecule has 0 aliphatic rings. The third-order valence-electron chi connectivity index (χ3n) is 2.91. The third kappa shape index (κ3) is 5.54. The molecule has 23 heavy (non-hydrogen) atoms. The summed E-state index contributed by atoms with van der Waals surface area (Å²) >= 11 is 3.21. The summed E-state index contributed by atoms with van der Waals surface area (Å²) in [6, 6.07) is 11.2. The number of halogens is 4. The molecule has 0 radical (unpaired) electrons. The number of nitrogens with one attached hydrogen (secondary N) is 1. The van der Waals surface area contributed by atoms with Crippen LogP contribution in [-0.4, -0.2) is 16.8 Å². The van der Waals surface area contributed by atoms with Gasteiger partial charge in [-0.05, 0) is 51.8 Å². The number of ether oxygens (including phenoxy) is 1. The molecule has 2 aromatic rings. The molecule has 1 atom stereocenters. The standard InChI is InChI=1S/C15H13BrF3NO2S/c1-23(21)12-5-2-10(3-6-12)9-20-14-7-4-11(8-13(14)16)22-15(17,18)19/h2-8,20H,9H2,1H3/t23-/m1/s1. The van der Waals surface area contributed by atoms with E-state index in [-0.39, 0.29) is 5.75 Å². The Morgan fingerprint density at radius 2 is 1.83 bits per heavy atom. The zero-order valence-corrected chi connectivity index (χ0v) is 14.4. The average Bonchev–Trinajstić information content (AvgIpc) is 2.45. The molecule has 0 aromatic heterocycles. The Balaban J connectivity index is 2.01. The highest BCUT2D eigenvalue weighted by molar-refractivity contribution is 9.10. The molecule has 0 unspecified atom stereocenters. The second-order valence-corrected chi connectivity index (χ2v) is 6.88. The monoisotopic (exact) mass is 407 g/mol. The Hall–Kier alpha value is -1.54. The van der Waals surface area contributed by atoms with Crippen LogP contribution in [0.1, 0.15) is 5.56 Å². The van der Waals surface area contributed by atoms with Gasteiger partial charge in [-0.25, -0.2) is 0 Å². The third-order valence-corrected chi connectivity index (χ3v) is 4.50. The molecule has 0 aliphatic heterocycles. The van der Waals surface area contributed by atoms with E-state index in [1.807, 2.05) is 12.1 Å². The zero-order valence-electron chi connectivity index (χ0n) is 12.0. The highest BCUT2D eigenvalue weighted by atomic mass is 79.9. The van der Waals surface area contributed by atoms with Crippen LogP contribution in [0.15, 0.2) is 51.8 Å². The Labute approximate surface area is 142 Å². The molecule has 124 valence electrons. The molecule has 1 N–H and O–H groups in total. The van der Waals surface area contributed by atoms with Crippen LogP contribution in [0.5, 0.6) is 5.75 Å². The molecule has 0 amide bonds. The number of alkyl halides is 3. The quantitative estimate of drug-likeness (QED) is 0.780. The lowest BCUT2D eigenvalue weighted by Crippen LogP contribution is -2.17. The van der Waals surface area contributed by atoms with E-state index in [9.17, 15) is 17.4 Å². The van der Waals surface area contributed by atoms with Gasteiger partial charge in [-0.1, -0.05) is 12.1 Å². The Morgan fingerprint density at radius 3 is 2.35 bits per heavy atom. The van der Waals surface area contributed by atoms with E-state index in [2.05, 4.69) is 26.0 Å². The topological polar surface area (TPSA) is 38.3 Å². The maximum absolute atomic E-state index is 12.2. The number of benzene rings is 2. The second-order valence-electron chi connectivity index (χ2n) is 4.64. The van der Waals surface area contributed by atoms with Crippen LogP contribution in [0.2, 0.25) is 0 Å². The van der Waals surface area contributed by atoms with Crippen molar-refractivity contribution in [2.45, 2.75) is 17.8 Å².